The van der Waals surface area contributed by atoms with Gasteiger partial charge in [0.05, 0.1) is 35.9 Å². The number of ether oxygens (including phenoxy) is 1. The minimum atomic E-state index is -1.20. The number of nitrogens with two attached hydrogens (primary N) is 2. The number of benzene rings is 1. The standard InChI is InChI=1S/C20H23ClFN5O4.C6H10N4O2/c1-23-19(29)16-17(25-9-24-16)20(30)27-14-5-3-10(7-15(14)31-2)18(28)26-13-6-4-11(22)8-12(13)21;1-6(5(8)12)3(4(7)11)9-2-10-6/h4,6,8-10,14-15H,3,5,7H2,1-2H3,(H,23,29)(H,24,25)(H,26,28)(H,27,30);10H,2H2,1H3,(H2,7,11)(H2,8,12)/t10-,14-,15-;/m1./s1. The first kappa shape index (κ1) is 33.1. The molecule has 0 bridgehead atoms. The molecule has 4 atom stereocenters. The van der Waals surface area contributed by atoms with Gasteiger partial charge in [0.25, 0.3) is 17.7 Å². The highest BCUT2D eigenvalue weighted by molar-refractivity contribution is 6.46. The summed E-state index contributed by atoms with van der Waals surface area (Å²) in [6.07, 6.45) is 2.21. The Bertz CT molecular complexity index is 1430. The summed E-state index contributed by atoms with van der Waals surface area (Å²) in [6.45, 7) is 1.67. The van der Waals surface area contributed by atoms with Crippen molar-refractivity contribution < 1.29 is 33.1 Å². The normalized spacial score (nSPS) is 22.8. The molecule has 2 aliphatic rings. The summed E-state index contributed by atoms with van der Waals surface area (Å²) < 4.78 is 18.7. The van der Waals surface area contributed by atoms with Crippen molar-refractivity contribution in [2.75, 3.05) is 26.1 Å². The number of aromatic nitrogens is 2. The van der Waals surface area contributed by atoms with Crippen LogP contribution in [0.25, 0.3) is 0 Å². The van der Waals surface area contributed by atoms with Crippen molar-refractivity contribution in [3.05, 3.63) is 46.8 Å². The van der Waals surface area contributed by atoms with Crippen LogP contribution in [0.3, 0.4) is 0 Å². The SMILES string of the molecule is CC1(C(N)=O)NCN=C1C(N)=O.CNC(=O)c1[nH]cnc1C(=O)N[C@@H]1CC[C@@H](C(=O)Nc2ccc(F)cc2Cl)C[C@H]1OC. The lowest BCUT2D eigenvalue weighted by Crippen LogP contribution is -2.58. The van der Waals surface area contributed by atoms with Gasteiger partial charge in [-0.15, -0.1) is 0 Å². The minimum absolute atomic E-state index is 0.00463. The molecule has 1 fully saturated rings. The molecule has 1 aliphatic carbocycles. The second-order valence-corrected chi connectivity index (χ2v) is 10.3. The molecule has 0 radical (unpaired) electrons. The zero-order valence-electron chi connectivity index (χ0n) is 23.6. The van der Waals surface area contributed by atoms with Gasteiger partial charge in [-0.25, -0.2) is 9.37 Å². The fourth-order valence-electron chi connectivity index (χ4n) is 4.67. The average Bonchev–Trinajstić information content (AvgIpc) is 3.62. The van der Waals surface area contributed by atoms with Gasteiger partial charge in [-0.3, -0.25) is 34.3 Å². The molecule has 2 aromatic rings. The molecule has 1 aromatic heterocycles. The number of nitrogens with one attached hydrogen (secondary N) is 5. The number of primary amides is 2. The van der Waals surface area contributed by atoms with Gasteiger partial charge < -0.3 is 37.1 Å². The second-order valence-electron chi connectivity index (χ2n) is 9.88. The third-order valence-electron chi connectivity index (χ3n) is 7.15. The Labute approximate surface area is 250 Å². The van der Waals surface area contributed by atoms with Gasteiger partial charge in [-0.2, -0.15) is 0 Å². The van der Waals surface area contributed by atoms with Crippen LogP contribution in [0.4, 0.5) is 10.1 Å². The highest BCUT2D eigenvalue weighted by Gasteiger charge is 2.42. The molecule has 1 aliphatic heterocycles. The quantitative estimate of drug-likeness (QED) is 0.208. The number of aliphatic imine (C=N–C) groups is 1. The largest absolute Gasteiger partial charge is 0.379 e. The van der Waals surface area contributed by atoms with Crippen LogP contribution in [-0.2, 0) is 19.1 Å². The Morgan fingerprint density at radius 3 is 2.47 bits per heavy atom. The van der Waals surface area contributed by atoms with E-state index in [0.29, 0.717) is 24.9 Å². The van der Waals surface area contributed by atoms with Crippen LogP contribution in [0.2, 0.25) is 5.02 Å². The number of halogens is 2. The van der Waals surface area contributed by atoms with Crippen molar-refractivity contribution in [3.8, 4) is 0 Å². The van der Waals surface area contributed by atoms with E-state index in [-0.39, 0.29) is 46.7 Å². The summed E-state index contributed by atoms with van der Waals surface area (Å²) in [5, 5.41) is 10.8. The molecular weight excluding hydrogens is 589 g/mol. The monoisotopic (exact) mass is 621 g/mol. The number of anilines is 1. The molecule has 0 spiro atoms. The molecular formula is C26H33ClFN9O6. The maximum absolute atomic E-state index is 13.2. The number of rotatable bonds is 8. The third kappa shape index (κ3) is 7.71. The van der Waals surface area contributed by atoms with E-state index in [2.05, 4.69) is 36.2 Å². The number of methoxy groups -OCH3 is 1. The molecule has 43 heavy (non-hydrogen) atoms. The zero-order chi connectivity index (χ0) is 31.9. The van der Waals surface area contributed by atoms with Crippen molar-refractivity contribution in [1.82, 2.24) is 25.9 Å². The Kier molecular flexibility index (Phi) is 10.9. The topological polar surface area (TPSA) is 236 Å². The third-order valence-corrected chi connectivity index (χ3v) is 7.46. The van der Waals surface area contributed by atoms with E-state index >= 15 is 0 Å². The number of hydrogen-bond acceptors (Lipinski definition) is 9. The zero-order valence-corrected chi connectivity index (χ0v) is 24.4. The first-order chi connectivity index (χ1) is 20.3. The predicted octanol–water partition coefficient (Wildman–Crippen LogP) is -0.169. The fraction of sp³-hybridized carbons (Fsp3) is 0.423. The van der Waals surface area contributed by atoms with Crippen LogP contribution in [0.1, 0.15) is 47.2 Å². The number of H-pyrrole nitrogens is 1. The molecule has 4 rings (SSSR count). The van der Waals surface area contributed by atoms with Crippen LogP contribution in [0, 0.1) is 11.7 Å². The Morgan fingerprint density at radius 2 is 1.88 bits per heavy atom. The average molecular weight is 622 g/mol. The minimum Gasteiger partial charge on any atom is -0.379 e. The lowest BCUT2D eigenvalue weighted by Gasteiger charge is -2.35. The van der Waals surface area contributed by atoms with Crippen LogP contribution < -0.4 is 32.7 Å². The summed E-state index contributed by atoms with van der Waals surface area (Å²) in [5.74, 6) is -3.45. The Morgan fingerprint density at radius 1 is 1.16 bits per heavy atom. The molecule has 17 heteroatoms. The van der Waals surface area contributed by atoms with E-state index in [4.69, 9.17) is 27.8 Å². The van der Waals surface area contributed by atoms with Gasteiger partial charge in [0.2, 0.25) is 11.8 Å². The van der Waals surface area contributed by atoms with Crippen LogP contribution in [0.5, 0.6) is 0 Å². The first-order valence-corrected chi connectivity index (χ1v) is 13.4. The van der Waals surface area contributed by atoms with Crippen LogP contribution in [-0.4, -0.2) is 83.7 Å². The molecule has 232 valence electrons. The van der Waals surface area contributed by atoms with Gasteiger partial charge in [-0.05, 0) is 44.4 Å². The molecule has 1 saturated carbocycles. The van der Waals surface area contributed by atoms with E-state index in [9.17, 15) is 28.4 Å². The van der Waals surface area contributed by atoms with E-state index in [1.165, 1.54) is 39.5 Å². The number of imidazole rings is 1. The Balaban J connectivity index is 0.000000353. The number of carbonyl (C=O) groups excluding carboxylic acids is 5. The first-order valence-electron chi connectivity index (χ1n) is 13.1. The lowest BCUT2D eigenvalue weighted by atomic mass is 9.83. The number of amides is 5. The molecule has 1 unspecified atom stereocenters. The maximum Gasteiger partial charge on any atom is 0.272 e. The highest BCUT2D eigenvalue weighted by atomic mass is 35.5. The lowest BCUT2D eigenvalue weighted by molar-refractivity contribution is -0.123. The van der Waals surface area contributed by atoms with E-state index in [1.54, 1.807) is 0 Å². The van der Waals surface area contributed by atoms with Gasteiger partial charge in [0, 0.05) is 20.1 Å². The molecule has 15 nitrogen and oxygen atoms in total. The van der Waals surface area contributed by atoms with Crippen molar-refractivity contribution in [3.63, 3.8) is 0 Å². The number of hydrogen-bond donors (Lipinski definition) is 7. The summed E-state index contributed by atoms with van der Waals surface area (Å²) in [5.41, 5.74) is 9.24. The summed E-state index contributed by atoms with van der Waals surface area (Å²) in [4.78, 5) is 69.2. The summed E-state index contributed by atoms with van der Waals surface area (Å²) in [7, 11) is 2.96. The smallest absolute Gasteiger partial charge is 0.272 e. The van der Waals surface area contributed by atoms with E-state index < -0.39 is 41.1 Å². The highest BCUT2D eigenvalue weighted by Crippen LogP contribution is 2.30. The number of nitrogens with zero attached hydrogens (tertiary/aromatic N) is 2. The summed E-state index contributed by atoms with van der Waals surface area (Å²) in [6, 6.07) is 3.39. The van der Waals surface area contributed by atoms with Crippen LogP contribution >= 0.6 is 11.6 Å². The molecule has 5 amide bonds. The van der Waals surface area contributed by atoms with E-state index in [0.717, 1.165) is 6.07 Å². The van der Waals surface area contributed by atoms with Crippen LogP contribution in [0.15, 0.2) is 29.5 Å². The summed E-state index contributed by atoms with van der Waals surface area (Å²) >= 11 is 5.98. The van der Waals surface area contributed by atoms with Crippen molar-refractivity contribution >= 4 is 52.5 Å². The molecule has 0 saturated heterocycles. The van der Waals surface area contributed by atoms with E-state index in [1.807, 2.05) is 0 Å². The van der Waals surface area contributed by atoms with Gasteiger partial charge in [0.1, 0.15) is 22.8 Å². The Hall–Kier alpha value is -4.41. The van der Waals surface area contributed by atoms with Gasteiger partial charge in [-0.1, -0.05) is 11.6 Å². The van der Waals surface area contributed by atoms with Crippen molar-refractivity contribution in [2.45, 2.75) is 43.9 Å². The van der Waals surface area contributed by atoms with Gasteiger partial charge >= 0.3 is 0 Å². The van der Waals surface area contributed by atoms with Gasteiger partial charge in [0.15, 0.2) is 5.69 Å². The molecule has 2 heterocycles. The molecule has 1 aromatic carbocycles. The van der Waals surface area contributed by atoms with Crippen molar-refractivity contribution in [2.24, 2.45) is 22.4 Å². The number of carbonyl (C=O) groups is 5. The maximum atomic E-state index is 13.2. The number of aromatic amines is 1. The second kappa shape index (κ2) is 14.2. The fourth-order valence-corrected chi connectivity index (χ4v) is 4.88. The molecule has 9 N–H and O–H groups in total. The van der Waals surface area contributed by atoms with Crippen molar-refractivity contribution in [1.29, 1.82) is 0 Å². The predicted molar refractivity (Wildman–Crippen MR) is 154 cm³/mol.